The van der Waals surface area contributed by atoms with Crippen LogP contribution in [0.2, 0.25) is 0 Å². The molecule has 1 aliphatic rings. The number of hydrogen-bond donors (Lipinski definition) is 1. The molecule has 2 amide bonds. The zero-order chi connectivity index (χ0) is 15.9. The van der Waals surface area contributed by atoms with Crippen LogP contribution in [0, 0.1) is 12.8 Å². The molecule has 0 spiro atoms. The van der Waals surface area contributed by atoms with Gasteiger partial charge in [-0.1, -0.05) is 31.3 Å². The third kappa shape index (κ3) is 4.58. The highest BCUT2D eigenvalue weighted by atomic mass is 16.5. The van der Waals surface area contributed by atoms with E-state index >= 15 is 0 Å². The molecule has 1 aromatic heterocycles. The summed E-state index contributed by atoms with van der Waals surface area (Å²) in [6, 6.07) is 1.66. The molecule has 0 radical (unpaired) electrons. The van der Waals surface area contributed by atoms with Gasteiger partial charge in [-0.2, -0.15) is 0 Å². The number of carbonyl (C=O) groups is 2. The van der Waals surface area contributed by atoms with Gasteiger partial charge in [-0.25, -0.2) is 0 Å². The van der Waals surface area contributed by atoms with E-state index in [0.29, 0.717) is 18.1 Å². The van der Waals surface area contributed by atoms with Crippen molar-refractivity contribution in [2.75, 3.05) is 18.4 Å². The van der Waals surface area contributed by atoms with Crippen molar-refractivity contribution in [3.8, 4) is 0 Å². The molecule has 1 fully saturated rings. The van der Waals surface area contributed by atoms with E-state index in [2.05, 4.69) is 10.5 Å². The molecule has 6 heteroatoms. The van der Waals surface area contributed by atoms with Crippen LogP contribution in [-0.4, -0.2) is 35.0 Å². The molecule has 0 saturated heterocycles. The van der Waals surface area contributed by atoms with E-state index in [4.69, 9.17) is 4.52 Å². The lowest BCUT2D eigenvalue weighted by Crippen LogP contribution is -2.42. The molecule has 0 unspecified atom stereocenters. The average molecular weight is 307 g/mol. The highest BCUT2D eigenvalue weighted by Gasteiger charge is 2.26. The third-order valence-electron chi connectivity index (χ3n) is 3.99. The fraction of sp³-hybridized carbons (Fsp3) is 0.688. The lowest BCUT2D eigenvalue weighted by Gasteiger charge is -2.28. The van der Waals surface area contributed by atoms with Gasteiger partial charge in [-0.15, -0.1) is 0 Å². The van der Waals surface area contributed by atoms with Crippen LogP contribution in [0.3, 0.4) is 0 Å². The van der Waals surface area contributed by atoms with E-state index in [0.717, 1.165) is 32.1 Å². The van der Waals surface area contributed by atoms with Crippen molar-refractivity contribution < 1.29 is 14.1 Å². The van der Waals surface area contributed by atoms with E-state index < -0.39 is 0 Å². The second kappa shape index (κ2) is 7.96. The van der Waals surface area contributed by atoms with Crippen LogP contribution in [0.1, 0.15) is 51.2 Å². The maximum atomic E-state index is 12.6. The van der Waals surface area contributed by atoms with Crippen molar-refractivity contribution in [2.24, 2.45) is 5.92 Å². The SMILES string of the molecule is CCCN(CC(=O)Nc1cc(C)on1)C(=O)C1CCCCC1. The molecular weight excluding hydrogens is 282 g/mol. The largest absolute Gasteiger partial charge is 0.360 e. The van der Waals surface area contributed by atoms with Crippen molar-refractivity contribution in [3.63, 3.8) is 0 Å². The summed E-state index contributed by atoms with van der Waals surface area (Å²) in [6.45, 7) is 4.47. The summed E-state index contributed by atoms with van der Waals surface area (Å²) in [7, 11) is 0. The maximum Gasteiger partial charge on any atom is 0.245 e. The van der Waals surface area contributed by atoms with Crippen molar-refractivity contribution in [2.45, 2.75) is 52.4 Å². The third-order valence-corrected chi connectivity index (χ3v) is 3.99. The fourth-order valence-electron chi connectivity index (χ4n) is 2.93. The Bertz CT molecular complexity index is 506. The molecule has 1 aromatic rings. The van der Waals surface area contributed by atoms with Gasteiger partial charge in [0, 0.05) is 18.5 Å². The summed E-state index contributed by atoms with van der Waals surface area (Å²) in [5.41, 5.74) is 0. The number of carbonyl (C=O) groups excluding carboxylic acids is 2. The van der Waals surface area contributed by atoms with Crippen LogP contribution in [0.25, 0.3) is 0 Å². The smallest absolute Gasteiger partial charge is 0.245 e. The Balaban J connectivity index is 1.92. The van der Waals surface area contributed by atoms with Crippen LogP contribution < -0.4 is 5.32 Å². The van der Waals surface area contributed by atoms with Crippen LogP contribution in [0.4, 0.5) is 5.82 Å². The summed E-state index contributed by atoms with van der Waals surface area (Å²) < 4.78 is 4.92. The van der Waals surface area contributed by atoms with Gasteiger partial charge in [0.2, 0.25) is 11.8 Å². The van der Waals surface area contributed by atoms with Gasteiger partial charge < -0.3 is 14.7 Å². The molecular formula is C16H25N3O3. The van der Waals surface area contributed by atoms with E-state index in [1.807, 2.05) is 6.92 Å². The molecule has 22 heavy (non-hydrogen) atoms. The Labute approximate surface area is 131 Å². The number of aryl methyl sites for hydroxylation is 1. The predicted octanol–water partition coefficient (Wildman–Crippen LogP) is 2.74. The molecule has 1 saturated carbocycles. The predicted molar refractivity (Wildman–Crippen MR) is 83.3 cm³/mol. The first-order valence-corrected chi connectivity index (χ1v) is 8.12. The molecule has 1 N–H and O–H groups in total. The molecule has 6 nitrogen and oxygen atoms in total. The first-order valence-electron chi connectivity index (χ1n) is 8.12. The molecule has 0 atom stereocenters. The highest BCUT2D eigenvalue weighted by Crippen LogP contribution is 2.25. The molecule has 0 aromatic carbocycles. The minimum absolute atomic E-state index is 0.0785. The summed E-state index contributed by atoms with van der Waals surface area (Å²) in [4.78, 5) is 26.4. The molecule has 0 bridgehead atoms. The van der Waals surface area contributed by atoms with Gasteiger partial charge in [0.25, 0.3) is 0 Å². The standard InChI is InChI=1S/C16H25N3O3/c1-3-9-19(16(21)13-7-5-4-6-8-13)11-15(20)17-14-10-12(2)22-18-14/h10,13H,3-9,11H2,1-2H3,(H,17,18,20). The molecule has 2 rings (SSSR count). The van der Waals surface area contributed by atoms with Gasteiger partial charge in [0.1, 0.15) is 5.76 Å². The monoisotopic (exact) mass is 307 g/mol. The minimum Gasteiger partial charge on any atom is -0.360 e. The van der Waals surface area contributed by atoms with Crippen LogP contribution >= 0.6 is 0 Å². The van der Waals surface area contributed by atoms with Crippen LogP contribution in [-0.2, 0) is 9.59 Å². The van der Waals surface area contributed by atoms with Crippen LogP contribution in [0.5, 0.6) is 0 Å². The number of nitrogens with zero attached hydrogens (tertiary/aromatic N) is 2. The van der Waals surface area contributed by atoms with Crippen LogP contribution in [0.15, 0.2) is 10.6 Å². The fourth-order valence-corrected chi connectivity index (χ4v) is 2.93. The van der Waals surface area contributed by atoms with Gasteiger partial charge in [0.05, 0.1) is 6.54 Å². The number of anilines is 1. The first-order chi connectivity index (χ1) is 10.6. The first kappa shape index (κ1) is 16.5. The molecule has 1 heterocycles. The quantitative estimate of drug-likeness (QED) is 0.877. The van der Waals surface area contributed by atoms with E-state index in [-0.39, 0.29) is 24.3 Å². The number of nitrogens with one attached hydrogen (secondary N) is 1. The normalized spacial score (nSPS) is 15.5. The summed E-state index contributed by atoms with van der Waals surface area (Å²) in [6.07, 6.45) is 6.17. The number of aromatic nitrogens is 1. The van der Waals surface area contributed by atoms with Crippen molar-refractivity contribution >= 4 is 17.6 Å². The summed E-state index contributed by atoms with van der Waals surface area (Å²) >= 11 is 0. The second-order valence-electron chi connectivity index (χ2n) is 5.97. The molecule has 122 valence electrons. The topological polar surface area (TPSA) is 75.4 Å². The van der Waals surface area contributed by atoms with Gasteiger partial charge in [0.15, 0.2) is 5.82 Å². The Morgan fingerprint density at radius 1 is 1.36 bits per heavy atom. The second-order valence-corrected chi connectivity index (χ2v) is 5.97. The highest BCUT2D eigenvalue weighted by molar-refractivity contribution is 5.94. The van der Waals surface area contributed by atoms with Crippen molar-refractivity contribution in [3.05, 3.63) is 11.8 Å². The Kier molecular flexibility index (Phi) is 5.98. The van der Waals surface area contributed by atoms with E-state index in [9.17, 15) is 9.59 Å². The summed E-state index contributed by atoms with van der Waals surface area (Å²) in [5, 5.41) is 6.41. The number of rotatable bonds is 6. The zero-order valence-electron chi connectivity index (χ0n) is 13.4. The van der Waals surface area contributed by atoms with Gasteiger partial charge in [-0.05, 0) is 26.2 Å². The Morgan fingerprint density at radius 3 is 2.68 bits per heavy atom. The Morgan fingerprint density at radius 2 is 2.09 bits per heavy atom. The maximum absolute atomic E-state index is 12.6. The van der Waals surface area contributed by atoms with Gasteiger partial charge in [-0.3, -0.25) is 9.59 Å². The zero-order valence-corrected chi connectivity index (χ0v) is 13.4. The number of hydrogen-bond acceptors (Lipinski definition) is 4. The summed E-state index contributed by atoms with van der Waals surface area (Å²) in [5.74, 6) is 1.00. The lowest BCUT2D eigenvalue weighted by atomic mass is 9.88. The minimum atomic E-state index is -0.231. The van der Waals surface area contributed by atoms with Crippen molar-refractivity contribution in [1.82, 2.24) is 10.1 Å². The van der Waals surface area contributed by atoms with Crippen molar-refractivity contribution in [1.29, 1.82) is 0 Å². The Hall–Kier alpha value is -1.85. The van der Waals surface area contributed by atoms with E-state index in [1.165, 1.54) is 6.42 Å². The molecule has 0 aliphatic heterocycles. The lowest BCUT2D eigenvalue weighted by molar-refractivity contribution is -0.139. The van der Waals surface area contributed by atoms with Gasteiger partial charge >= 0.3 is 0 Å². The average Bonchev–Trinajstić information content (AvgIpc) is 2.92. The van der Waals surface area contributed by atoms with E-state index in [1.54, 1.807) is 17.9 Å². The molecule has 1 aliphatic carbocycles. The number of amides is 2.